The molecule has 0 amide bonds. The maximum atomic E-state index is 6.35. The van der Waals surface area contributed by atoms with Crippen LogP contribution >= 0.6 is 0 Å². The van der Waals surface area contributed by atoms with Gasteiger partial charge in [-0.1, -0.05) is 6.92 Å². The molecule has 3 N–H and O–H groups in total. The van der Waals surface area contributed by atoms with Gasteiger partial charge >= 0.3 is 0 Å². The van der Waals surface area contributed by atoms with E-state index in [-0.39, 0.29) is 6.04 Å². The van der Waals surface area contributed by atoms with Crippen LogP contribution in [0.4, 0.5) is 0 Å². The summed E-state index contributed by atoms with van der Waals surface area (Å²) in [6.07, 6.45) is 6.04. The van der Waals surface area contributed by atoms with E-state index < -0.39 is 0 Å². The fraction of sp³-hybridized carbons (Fsp3) is 0.727. The van der Waals surface area contributed by atoms with Crippen molar-refractivity contribution >= 4 is 0 Å². The predicted molar refractivity (Wildman–Crippen MR) is 54.9 cm³/mol. The fourth-order valence-electron chi connectivity index (χ4n) is 2.81. The van der Waals surface area contributed by atoms with Gasteiger partial charge in [0.05, 0.1) is 5.69 Å². The number of hydrogen-bond acceptors (Lipinski definition) is 2. The predicted octanol–water partition coefficient (Wildman–Crippen LogP) is 1.70. The Balaban J connectivity index is 2.07. The zero-order valence-corrected chi connectivity index (χ0v) is 8.64. The van der Waals surface area contributed by atoms with Crippen LogP contribution in [0.2, 0.25) is 0 Å². The Morgan fingerprint density at radius 1 is 1.50 bits per heavy atom. The third kappa shape index (κ3) is 0.934. The van der Waals surface area contributed by atoms with Crippen molar-refractivity contribution in [1.82, 2.24) is 10.2 Å². The summed E-state index contributed by atoms with van der Waals surface area (Å²) in [4.78, 5) is 0. The summed E-state index contributed by atoms with van der Waals surface area (Å²) in [7, 11) is 0. The second-order valence-corrected chi connectivity index (χ2v) is 4.76. The Kier molecular flexibility index (Phi) is 1.57. The molecule has 1 fully saturated rings. The van der Waals surface area contributed by atoms with Gasteiger partial charge in [0, 0.05) is 17.3 Å². The molecule has 0 bridgehead atoms. The van der Waals surface area contributed by atoms with Gasteiger partial charge in [-0.3, -0.25) is 5.10 Å². The number of nitrogens with two attached hydrogens (primary N) is 1. The van der Waals surface area contributed by atoms with Gasteiger partial charge in [-0.25, -0.2) is 0 Å². The number of H-pyrrole nitrogens is 1. The Labute approximate surface area is 84.1 Å². The lowest BCUT2D eigenvalue weighted by Crippen LogP contribution is -2.28. The van der Waals surface area contributed by atoms with Crippen LogP contribution in [0.5, 0.6) is 0 Å². The monoisotopic (exact) mass is 191 g/mol. The van der Waals surface area contributed by atoms with Crippen LogP contribution in [0.25, 0.3) is 0 Å². The Hall–Kier alpha value is -0.830. The first-order valence-corrected chi connectivity index (χ1v) is 5.58. The third-order valence-electron chi connectivity index (χ3n) is 4.03. The molecule has 0 radical (unpaired) electrons. The van der Waals surface area contributed by atoms with Crippen molar-refractivity contribution in [3.05, 3.63) is 17.0 Å². The molecule has 1 atom stereocenters. The van der Waals surface area contributed by atoms with Crippen LogP contribution in [0.15, 0.2) is 0 Å². The van der Waals surface area contributed by atoms with Crippen molar-refractivity contribution in [3.8, 4) is 0 Å². The van der Waals surface area contributed by atoms with Gasteiger partial charge in [-0.15, -0.1) is 0 Å². The van der Waals surface area contributed by atoms with Gasteiger partial charge in [0.1, 0.15) is 0 Å². The average Bonchev–Trinajstić information content (AvgIpc) is 2.85. The molecule has 3 heteroatoms. The molecule has 0 saturated heterocycles. The molecule has 0 aromatic carbocycles. The van der Waals surface area contributed by atoms with Gasteiger partial charge < -0.3 is 5.73 Å². The minimum absolute atomic E-state index is 0.250. The largest absolute Gasteiger partial charge is 0.323 e. The Morgan fingerprint density at radius 3 is 2.93 bits per heavy atom. The molecule has 76 valence electrons. The van der Waals surface area contributed by atoms with Crippen LogP contribution < -0.4 is 5.73 Å². The smallest absolute Gasteiger partial charge is 0.0670 e. The molecule has 1 unspecified atom stereocenters. The van der Waals surface area contributed by atoms with E-state index in [9.17, 15) is 0 Å². The van der Waals surface area contributed by atoms with Gasteiger partial charge in [-0.05, 0) is 37.5 Å². The summed E-state index contributed by atoms with van der Waals surface area (Å²) < 4.78 is 0. The Bertz CT molecular complexity index is 349. The minimum atomic E-state index is 0.250. The van der Waals surface area contributed by atoms with Gasteiger partial charge in [0.2, 0.25) is 0 Å². The minimum Gasteiger partial charge on any atom is -0.323 e. The van der Waals surface area contributed by atoms with E-state index in [1.807, 2.05) is 0 Å². The lowest BCUT2D eigenvalue weighted by molar-refractivity contribution is 0.351. The molecule has 0 aliphatic heterocycles. The van der Waals surface area contributed by atoms with Crippen LogP contribution in [0, 0.1) is 5.41 Å². The molecule has 1 aromatic heterocycles. The number of fused-ring (bicyclic) bond motifs is 1. The third-order valence-corrected chi connectivity index (χ3v) is 4.03. The molecule has 1 heterocycles. The summed E-state index contributed by atoms with van der Waals surface area (Å²) in [6, 6.07) is 0.250. The standard InChI is InChI=1S/C11H17N3/c1-2-7-9-8(14-13-7)3-4-11(5-6-11)10(9)12/h10H,2-6,12H2,1H3,(H,13,14). The van der Waals surface area contributed by atoms with E-state index in [1.54, 1.807) is 0 Å². The van der Waals surface area contributed by atoms with Gasteiger partial charge in [0.15, 0.2) is 0 Å². The molecular weight excluding hydrogens is 174 g/mol. The van der Waals surface area contributed by atoms with Crippen molar-refractivity contribution < 1.29 is 0 Å². The van der Waals surface area contributed by atoms with Crippen molar-refractivity contribution in [2.24, 2.45) is 11.1 Å². The van der Waals surface area contributed by atoms with Crippen LogP contribution in [-0.2, 0) is 12.8 Å². The number of hydrogen-bond donors (Lipinski definition) is 2. The molecule has 1 spiro atoms. The molecule has 14 heavy (non-hydrogen) atoms. The number of nitrogens with zero attached hydrogens (tertiary/aromatic N) is 1. The highest BCUT2D eigenvalue weighted by atomic mass is 15.1. The van der Waals surface area contributed by atoms with E-state index in [2.05, 4.69) is 17.1 Å². The average molecular weight is 191 g/mol. The van der Waals surface area contributed by atoms with Gasteiger partial charge in [0.25, 0.3) is 0 Å². The van der Waals surface area contributed by atoms with E-state index in [0.717, 1.165) is 12.8 Å². The number of aryl methyl sites for hydroxylation is 2. The maximum absolute atomic E-state index is 6.35. The van der Waals surface area contributed by atoms with E-state index >= 15 is 0 Å². The molecule has 3 rings (SSSR count). The molecule has 1 saturated carbocycles. The van der Waals surface area contributed by atoms with Gasteiger partial charge in [-0.2, -0.15) is 5.10 Å². The van der Waals surface area contributed by atoms with E-state index in [0.29, 0.717) is 5.41 Å². The summed E-state index contributed by atoms with van der Waals surface area (Å²) in [5, 5.41) is 7.50. The molecule has 1 aromatic rings. The van der Waals surface area contributed by atoms with Crippen LogP contribution in [0.1, 0.15) is 49.2 Å². The van der Waals surface area contributed by atoms with Crippen molar-refractivity contribution in [3.63, 3.8) is 0 Å². The number of nitrogens with one attached hydrogen (secondary N) is 1. The summed E-state index contributed by atoms with van der Waals surface area (Å²) >= 11 is 0. The van der Waals surface area contributed by atoms with Crippen molar-refractivity contribution in [1.29, 1.82) is 0 Å². The number of aromatic amines is 1. The maximum Gasteiger partial charge on any atom is 0.0670 e. The number of aromatic nitrogens is 2. The summed E-state index contributed by atoms with van der Waals surface area (Å²) in [5.74, 6) is 0. The van der Waals surface area contributed by atoms with Crippen LogP contribution in [-0.4, -0.2) is 10.2 Å². The highest BCUT2D eigenvalue weighted by Gasteiger charge is 2.51. The van der Waals surface area contributed by atoms with Crippen LogP contribution in [0.3, 0.4) is 0 Å². The molecule has 2 aliphatic carbocycles. The quantitative estimate of drug-likeness (QED) is 0.710. The topological polar surface area (TPSA) is 54.7 Å². The number of rotatable bonds is 1. The molecule has 2 aliphatic rings. The van der Waals surface area contributed by atoms with E-state index in [1.165, 1.54) is 36.2 Å². The van der Waals surface area contributed by atoms with Crippen molar-refractivity contribution in [2.45, 2.75) is 45.1 Å². The first-order valence-electron chi connectivity index (χ1n) is 5.58. The highest BCUT2D eigenvalue weighted by molar-refractivity contribution is 5.35. The highest BCUT2D eigenvalue weighted by Crippen LogP contribution is 2.59. The molecule has 3 nitrogen and oxygen atoms in total. The lowest BCUT2D eigenvalue weighted by atomic mass is 9.79. The second-order valence-electron chi connectivity index (χ2n) is 4.76. The normalized spacial score (nSPS) is 27.7. The zero-order chi connectivity index (χ0) is 9.76. The Morgan fingerprint density at radius 2 is 2.29 bits per heavy atom. The fourth-order valence-corrected chi connectivity index (χ4v) is 2.81. The SMILES string of the molecule is CCc1n[nH]c2c1C(N)C1(CC2)CC1. The van der Waals surface area contributed by atoms with E-state index in [4.69, 9.17) is 5.73 Å². The first-order chi connectivity index (χ1) is 6.77. The van der Waals surface area contributed by atoms with Crippen molar-refractivity contribution in [2.75, 3.05) is 0 Å². The summed E-state index contributed by atoms with van der Waals surface area (Å²) in [6.45, 7) is 2.15. The zero-order valence-electron chi connectivity index (χ0n) is 8.64. The first kappa shape index (κ1) is 8.48. The molecular formula is C11H17N3. The summed E-state index contributed by atoms with van der Waals surface area (Å²) in [5.41, 5.74) is 10.6. The second kappa shape index (κ2) is 2.60. The lowest BCUT2D eigenvalue weighted by Gasteiger charge is -2.29.